The van der Waals surface area contributed by atoms with Gasteiger partial charge in [0.25, 0.3) is 0 Å². The molecule has 1 aromatic rings. The molecule has 0 heterocycles. The second-order valence-electron chi connectivity index (χ2n) is 3.00. The van der Waals surface area contributed by atoms with Gasteiger partial charge in [0, 0.05) is 5.56 Å². The first-order valence-corrected chi connectivity index (χ1v) is 4.80. The summed E-state index contributed by atoms with van der Waals surface area (Å²) in [6, 6.07) is 7.11. The minimum absolute atomic E-state index is 0.0592. The monoisotopic (exact) mass is 194 g/mol. The highest BCUT2D eigenvalue weighted by atomic mass is 16.5. The number of hydrogen-bond acceptors (Lipinski definition) is 2. The predicted octanol–water partition coefficient (Wildman–Crippen LogP) is 3.31. The van der Waals surface area contributed by atoms with Gasteiger partial charge >= 0.3 is 0 Å². The molecule has 0 amide bonds. The number of methoxy groups -OCH3 is 1. The van der Waals surface area contributed by atoms with Crippen LogP contribution in [0.1, 0.15) is 37.6 Å². The molecule has 14 heavy (non-hydrogen) atoms. The topological polar surface area (TPSA) is 26.3 Å². The van der Waals surface area contributed by atoms with Gasteiger partial charge in [0.2, 0.25) is 0 Å². The molecule has 0 saturated carbocycles. The fraction of sp³-hybridized carbons (Fsp3) is 0.417. The fourth-order valence-corrected chi connectivity index (χ4v) is 0.842. The van der Waals surface area contributed by atoms with E-state index in [-0.39, 0.29) is 5.78 Å². The number of carbonyl (C=O) groups excluding carboxylic acids is 1. The van der Waals surface area contributed by atoms with E-state index in [1.165, 1.54) is 13.3 Å². The third-order valence-electron chi connectivity index (χ3n) is 1.48. The summed E-state index contributed by atoms with van der Waals surface area (Å²) < 4.78 is 4.95. The van der Waals surface area contributed by atoms with E-state index < -0.39 is 0 Å². The first kappa shape index (κ1) is 12.7. The first-order chi connectivity index (χ1) is 6.65. The van der Waals surface area contributed by atoms with Gasteiger partial charge < -0.3 is 4.74 Å². The summed E-state index contributed by atoms with van der Waals surface area (Å²) in [5.74, 6) is 0.779. The fourth-order valence-electron chi connectivity index (χ4n) is 0.842. The molecule has 0 aromatic heterocycles. The van der Waals surface area contributed by atoms with Crippen molar-refractivity contribution in [1.29, 1.82) is 0 Å². The molecule has 0 N–H and O–H groups in total. The molecular weight excluding hydrogens is 176 g/mol. The van der Waals surface area contributed by atoms with Crippen LogP contribution in [0.5, 0.6) is 5.75 Å². The van der Waals surface area contributed by atoms with Crippen molar-refractivity contribution in [1.82, 2.24) is 0 Å². The van der Waals surface area contributed by atoms with E-state index in [1.807, 2.05) is 6.07 Å². The molecule has 0 aliphatic heterocycles. The van der Waals surface area contributed by atoms with E-state index in [1.54, 1.807) is 25.3 Å². The van der Waals surface area contributed by atoms with Crippen LogP contribution in [0.15, 0.2) is 24.3 Å². The molecule has 2 heteroatoms. The molecule has 1 aromatic carbocycles. The molecule has 2 nitrogen and oxygen atoms in total. The molecule has 0 unspecified atom stereocenters. The summed E-state index contributed by atoms with van der Waals surface area (Å²) in [6.07, 6.45) is 1.25. The molecular formula is C12H18O2. The van der Waals surface area contributed by atoms with Gasteiger partial charge in [-0.1, -0.05) is 32.4 Å². The average Bonchev–Trinajstić information content (AvgIpc) is 2.19. The summed E-state index contributed by atoms with van der Waals surface area (Å²) in [6.45, 7) is 5.79. The summed E-state index contributed by atoms with van der Waals surface area (Å²) in [5.41, 5.74) is 0.685. The van der Waals surface area contributed by atoms with Crippen LogP contribution < -0.4 is 4.74 Å². The maximum Gasteiger partial charge on any atom is 0.159 e. The molecule has 0 bridgehead atoms. The Balaban J connectivity index is 0.000000500. The van der Waals surface area contributed by atoms with Gasteiger partial charge in [-0.05, 0) is 19.1 Å². The van der Waals surface area contributed by atoms with Gasteiger partial charge in [-0.25, -0.2) is 0 Å². The van der Waals surface area contributed by atoms with Crippen molar-refractivity contribution in [2.45, 2.75) is 27.2 Å². The van der Waals surface area contributed by atoms with Crippen LogP contribution in [0, 0.1) is 0 Å². The van der Waals surface area contributed by atoms with Gasteiger partial charge in [0.15, 0.2) is 5.78 Å². The standard InChI is InChI=1S/C9H10O2.C3H8/c1-7(10)8-4-3-5-9(6-8)11-2;1-3-2/h3-6H,1-2H3;3H2,1-2H3. The number of ether oxygens (including phenoxy) is 1. The van der Waals surface area contributed by atoms with E-state index >= 15 is 0 Å². The number of hydrogen-bond donors (Lipinski definition) is 0. The highest BCUT2D eigenvalue weighted by molar-refractivity contribution is 5.94. The van der Waals surface area contributed by atoms with Crippen LogP contribution in [0.25, 0.3) is 0 Å². The first-order valence-electron chi connectivity index (χ1n) is 4.80. The van der Waals surface area contributed by atoms with E-state index in [2.05, 4.69) is 13.8 Å². The Morgan fingerprint density at radius 2 is 1.93 bits per heavy atom. The molecule has 0 atom stereocenters. The predicted molar refractivity (Wildman–Crippen MR) is 59.0 cm³/mol. The second-order valence-corrected chi connectivity index (χ2v) is 3.00. The lowest BCUT2D eigenvalue weighted by Gasteiger charge is -1.99. The minimum Gasteiger partial charge on any atom is -0.497 e. The van der Waals surface area contributed by atoms with Crippen molar-refractivity contribution in [3.63, 3.8) is 0 Å². The van der Waals surface area contributed by atoms with Crippen LogP contribution in [-0.2, 0) is 0 Å². The summed E-state index contributed by atoms with van der Waals surface area (Å²) >= 11 is 0. The Bertz CT molecular complexity index is 279. The molecule has 0 spiro atoms. The van der Waals surface area contributed by atoms with Crippen LogP contribution in [0.4, 0.5) is 0 Å². The molecule has 0 aliphatic carbocycles. The quantitative estimate of drug-likeness (QED) is 0.675. The van der Waals surface area contributed by atoms with E-state index in [9.17, 15) is 4.79 Å². The lowest BCUT2D eigenvalue weighted by atomic mass is 10.1. The van der Waals surface area contributed by atoms with Gasteiger partial charge in [-0.2, -0.15) is 0 Å². The highest BCUT2D eigenvalue weighted by Gasteiger charge is 1.98. The van der Waals surface area contributed by atoms with Crippen LogP contribution in [-0.4, -0.2) is 12.9 Å². The lowest BCUT2D eigenvalue weighted by Crippen LogP contribution is -1.92. The van der Waals surface area contributed by atoms with Crippen molar-refractivity contribution in [2.24, 2.45) is 0 Å². The highest BCUT2D eigenvalue weighted by Crippen LogP contribution is 2.12. The van der Waals surface area contributed by atoms with Crippen LogP contribution in [0.3, 0.4) is 0 Å². The number of ketones is 1. The normalized spacial score (nSPS) is 8.57. The van der Waals surface area contributed by atoms with Crippen molar-refractivity contribution in [3.8, 4) is 5.75 Å². The Labute approximate surface area is 85.9 Å². The van der Waals surface area contributed by atoms with Crippen molar-refractivity contribution < 1.29 is 9.53 Å². The molecule has 0 aliphatic rings. The van der Waals surface area contributed by atoms with Crippen LogP contribution >= 0.6 is 0 Å². The minimum atomic E-state index is 0.0592. The van der Waals surface area contributed by atoms with Crippen molar-refractivity contribution in [3.05, 3.63) is 29.8 Å². The third kappa shape index (κ3) is 4.65. The third-order valence-corrected chi connectivity index (χ3v) is 1.48. The van der Waals surface area contributed by atoms with E-state index in [0.717, 1.165) is 5.75 Å². The zero-order valence-electron chi connectivity index (χ0n) is 9.33. The molecule has 0 saturated heterocycles. The largest absolute Gasteiger partial charge is 0.497 e. The molecule has 1 rings (SSSR count). The smallest absolute Gasteiger partial charge is 0.159 e. The number of rotatable bonds is 2. The zero-order valence-corrected chi connectivity index (χ0v) is 9.33. The molecule has 0 fully saturated rings. The molecule has 0 radical (unpaired) electrons. The Morgan fingerprint density at radius 3 is 2.36 bits per heavy atom. The number of carbonyl (C=O) groups is 1. The van der Waals surface area contributed by atoms with Crippen LogP contribution in [0.2, 0.25) is 0 Å². The van der Waals surface area contributed by atoms with E-state index in [0.29, 0.717) is 5.56 Å². The maximum atomic E-state index is 10.9. The Hall–Kier alpha value is -1.31. The van der Waals surface area contributed by atoms with Gasteiger partial charge in [-0.3, -0.25) is 4.79 Å². The van der Waals surface area contributed by atoms with Gasteiger partial charge in [-0.15, -0.1) is 0 Å². The number of Topliss-reactive ketones (excluding diaryl/α,β-unsaturated/α-hetero) is 1. The SMILES string of the molecule is CCC.COc1cccc(C(C)=O)c1. The van der Waals surface area contributed by atoms with Gasteiger partial charge in [0.05, 0.1) is 7.11 Å². The second kappa shape index (κ2) is 7.13. The van der Waals surface area contributed by atoms with E-state index in [4.69, 9.17) is 4.74 Å². The Kier molecular flexibility index (Phi) is 6.46. The van der Waals surface area contributed by atoms with Gasteiger partial charge in [0.1, 0.15) is 5.75 Å². The summed E-state index contributed by atoms with van der Waals surface area (Å²) in [7, 11) is 1.58. The zero-order chi connectivity index (χ0) is 11.0. The maximum absolute atomic E-state index is 10.9. The van der Waals surface area contributed by atoms with Crippen molar-refractivity contribution >= 4 is 5.78 Å². The number of benzene rings is 1. The summed E-state index contributed by atoms with van der Waals surface area (Å²) in [5, 5.41) is 0. The van der Waals surface area contributed by atoms with Crippen molar-refractivity contribution in [2.75, 3.05) is 7.11 Å². The average molecular weight is 194 g/mol. The molecule has 78 valence electrons. The summed E-state index contributed by atoms with van der Waals surface area (Å²) in [4.78, 5) is 10.9. The Morgan fingerprint density at radius 1 is 1.36 bits per heavy atom. The lowest BCUT2D eigenvalue weighted by molar-refractivity contribution is 0.101.